The van der Waals surface area contributed by atoms with Crippen molar-refractivity contribution in [1.29, 1.82) is 0 Å². The van der Waals surface area contributed by atoms with E-state index in [-0.39, 0.29) is 36.7 Å². The number of aliphatic hydroxyl groups is 1. The lowest BCUT2D eigenvalue weighted by atomic mass is 9.44. The average molecular weight is 662 g/mol. The molecule has 0 bridgehead atoms. The number of unbranched alkanes of at least 4 members (excludes halogenated alkanes) is 7. The van der Waals surface area contributed by atoms with Crippen molar-refractivity contribution in [2.45, 2.75) is 159 Å². The number of carbonyl (C=O) groups is 3. The molecule has 0 aromatic heterocycles. The van der Waals surface area contributed by atoms with Gasteiger partial charge in [-0.05, 0) is 83.8 Å². The van der Waals surface area contributed by atoms with E-state index in [0.29, 0.717) is 37.7 Å². The fourth-order valence-corrected chi connectivity index (χ4v) is 10.1. The SMILES string of the molecule is CC1(C)O[C@@H]2C[C@H]3[C@@H]4CCC5=CC(=O)C=C[C@]5(C)C4(F)[C@@H](O)C[C@]3(C)[C@]2(C(=O)CC(CCCCCCCCCCC(=O)O)ON=O)O1. The molecule has 2 unspecified atom stereocenters. The van der Waals surface area contributed by atoms with Crippen LogP contribution in [-0.4, -0.2) is 63.1 Å². The molecule has 4 fully saturated rings. The number of fused-ring (bicyclic) bond motifs is 7. The Morgan fingerprint density at radius 1 is 1.06 bits per heavy atom. The molecule has 5 rings (SSSR count). The number of ether oxygens (including phenoxy) is 2. The normalized spacial score (nSPS) is 38.9. The van der Waals surface area contributed by atoms with Crippen LogP contribution in [0.2, 0.25) is 0 Å². The highest BCUT2D eigenvalue weighted by molar-refractivity contribution is 6.01. The van der Waals surface area contributed by atoms with E-state index in [2.05, 4.69) is 5.34 Å². The number of carboxylic acids is 1. The van der Waals surface area contributed by atoms with Crippen molar-refractivity contribution in [1.82, 2.24) is 0 Å². The van der Waals surface area contributed by atoms with E-state index >= 15 is 4.39 Å². The first-order valence-corrected chi connectivity index (χ1v) is 17.6. The molecule has 262 valence electrons. The second kappa shape index (κ2) is 13.4. The minimum absolute atomic E-state index is 0.0231. The zero-order valence-corrected chi connectivity index (χ0v) is 28.3. The van der Waals surface area contributed by atoms with Gasteiger partial charge >= 0.3 is 5.97 Å². The summed E-state index contributed by atoms with van der Waals surface area (Å²) in [5.74, 6) is -3.23. The number of alkyl halides is 1. The maximum atomic E-state index is 17.7. The van der Waals surface area contributed by atoms with Gasteiger partial charge in [-0.25, -0.2) is 4.39 Å². The molecule has 11 heteroatoms. The second-order valence-electron chi connectivity index (χ2n) is 15.5. The van der Waals surface area contributed by atoms with Gasteiger partial charge in [0, 0.05) is 29.6 Å². The van der Waals surface area contributed by atoms with E-state index < -0.39 is 58.1 Å². The van der Waals surface area contributed by atoms with Crippen molar-refractivity contribution in [3.05, 3.63) is 28.7 Å². The molecule has 0 aromatic carbocycles. The van der Waals surface area contributed by atoms with Gasteiger partial charge in [-0.15, -0.1) is 4.91 Å². The summed E-state index contributed by atoms with van der Waals surface area (Å²) in [5.41, 5.74) is -4.92. The highest BCUT2D eigenvalue weighted by atomic mass is 19.1. The maximum absolute atomic E-state index is 17.7. The lowest BCUT2D eigenvalue weighted by Gasteiger charge is -2.62. The Morgan fingerprint density at radius 2 is 1.72 bits per heavy atom. The van der Waals surface area contributed by atoms with Gasteiger partial charge in [-0.2, -0.15) is 0 Å². The number of halogens is 1. The zero-order valence-electron chi connectivity index (χ0n) is 28.3. The average Bonchev–Trinajstić information content (AvgIpc) is 3.40. The number of aliphatic hydroxyl groups excluding tert-OH is 1. The van der Waals surface area contributed by atoms with Crippen molar-refractivity contribution in [3.8, 4) is 0 Å². The van der Waals surface area contributed by atoms with E-state index in [1.165, 1.54) is 12.2 Å². The standard InChI is InChI=1S/C36H52FNO9/c1-32(2)45-30-21-27-26-16-15-23-19-24(39)17-18-33(23,3)35(26,37)29(41)22-34(27,4)36(30,47-32)28(40)20-25(46-38-44)13-11-9-7-5-6-8-10-12-14-31(42)43/h17-19,25-27,29-30,41H,5-16,20-22H2,1-4H3,(H,42,43)/t25?,26-,27-,29-,30+,33-,34-,35?,36+/m0/s1. The van der Waals surface area contributed by atoms with Crippen LogP contribution >= 0.6 is 0 Å². The summed E-state index contributed by atoms with van der Waals surface area (Å²) in [7, 11) is 0. The van der Waals surface area contributed by atoms with Gasteiger partial charge in [0.2, 0.25) is 0 Å². The molecule has 4 aliphatic carbocycles. The molecule has 0 amide bonds. The van der Waals surface area contributed by atoms with Crippen molar-refractivity contribution < 1.29 is 43.3 Å². The van der Waals surface area contributed by atoms with Crippen LogP contribution in [-0.2, 0) is 28.7 Å². The molecule has 0 radical (unpaired) electrons. The smallest absolute Gasteiger partial charge is 0.303 e. The van der Waals surface area contributed by atoms with Gasteiger partial charge in [-0.3, -0.25) is 14.4 Å². The summed E-state index contributed by atoms with van der Waals surface area (Å²) in [6.07, 6.45) is 10.8. The summed E-state index contributed by atoms with van der Waals surface area (Å²) in [6, 6.07) is 0. The third-order valence-electron chi connectivity index (χ3n) is 12.3. The monoisotopic (exact) mass is 661 g/mol. The largest absolute Gasteiger partial charge is 0.481 e. The molecule has 1 aliphatic heterocycles. The van der Waals surface area contributed by atoms with Gasteiger partial charge in [0.05, 0.1) is 12.2 Å². The Morgan fingerprint density at radius 3 is 2.38 bits per heavy atom. The molecule has 0 aromatic rings. The second-order valence-corrected chi connectivity index (χ2v) is 15.5. The molecule has 10 nitrogen and oxygen atoms in total. The zero-order chi connectivity index (χ0) is 34.3. The van der Waals surface area contributed by atoms with Crippen molar-refractivity contribution in [3.63, 3.8) is 0 Å². The number of aliphatic carboxylic acids is 1. The van der Waals surface area contributed by atoms with Crippen molar-refractivity contribution in [2.24, 2.45) is 28.0 Å². The number of rotatable bonds is 16. The third kappa shape index (κ3) is 6.14. The first-order chi connectivity index (χ1) is 22.1. The quantitative estimate of drug-likeness (QED) is 0.103. The van der Waals surface area contributed by atoms with Crippen LogP contribution in [0.5, 0.6) is 0 Å². The van der Waals surface area contributed by atoms with Crippen LogP contribution in [0.4, 0.5) is 4.39 Å². The van der Waals surface area contributed by atoms with Gasteiger partial charge in [0.1, 0.15) is 6.10 Å². The molecule has 47 heavy (non-hydrogen) atoms. The van der Waals surface area contributed by atoms with E-state index in [1.54, 1.807) is 26.8 Å². The van der Waals surface area contributed by atoms with Crippen LogP contribution in [0.3, 0.4) is 0 Å². The lowest BCUT2D eigenvalue weighted by molar-refractivity contribution is -0.246. The summed E-state index contributed by atoms with van der Waals surface area (Å²) in [4.78, 5) is 53.8. The van der Waals surface area contributed by atoms with Crippen molar-refractivity contribution in [2.75, 3.05) is 0 Å². The minimum atomic E-state index is -2.04. The summed E-state index contributed by atoms with van der Waals surface area (Å²) >= 11 is 0. The van der Waals surface area contributed by atoms with Crippen molar-refractivity contribution >= 4 is 17.5 Å². The Balaban J connectivity index is 1.29. The molecule has 3 saturated carbocycles. The van der Waals surface area contributed by atoms with E-state index in [4.69, 9.17) is 19.4 Å². The Labute approximate surface area is 276 Å². The minimum Gasteiger partial charge on any atom is -0.481 e. The number of hydrogen-bond acceptors (Lipinski definition) is 9. The molecule has 1 heterocycles. The molecule has 9 atom stereocenters. The first-order valence-electron chi connectivity index (χ1n) is 17.6. The highest BCUT2D eigenvalue weighted by Crippen LogP contribution is 2.72. The lowest BCUT2D eigenvalue weighted by Crippen LogP contribution is -2.69. The summed E-state index contributed by atoms with van der Waals surface area (Å²) in [6.45, 7) is 7.20. The number of carboxylic acid groups (broad SMARTS) is 1. The van der Waals surface area contributed by atoms with Crippen LogP contribution in [0.1, 0.15) is 124 Å². The van der Waals surface area contributed by atoms with E-state index in [0.717, 1.165) is 44.9 Å². The van der Waals surface area contributed by atoms with Crippen LogP contribution < -0.4 is 0 Å². The van der Waals surface area contributed by atoms with Crippen LogP contribution in [0.25, 0.3) is 0 Å². The molecule has 1 saturated heterocycles. The number of Topliss-reactive ketones (excluding diaryl/α,β-unsaturated/α-hetero) is 1. The fourth-order valence-electron chi connectivity index (χ4n) is 10.1. The molecule has 2 N–H and O–H groups in total. The van der Waals surface area contributed by atoms with Gasteiger partial charge in [0.25, 0.3) is 0 Å². The Hall–Kier alpha value is -2.50. The number of hydrogen-bond donors (Lipinski definition) is 2. The highest BCUT2D eigenvalue weighted by Gasteiger charge is 2.80. The summed E-state index contributed by atoms with van der Waals surface area (Å²) in [5, 5.41) is 23.2. The molecule has 5 aliphatic rings. The number of allylic oxidation sites excluding steroid dienone is 4. The predicted octanol–water partition coefficient (Wildman–Crippen LogP) is 6.87. The van der Waals surface area contributed by atoms with Gasteiger partial charge in [0.15, 0.2) is 34.0 Å². The predicted molar refractivity (Wildman–Crippen MR) is 171 cm³/mol. The molecule has 0 spiro atoms. The Kier molecular flexibility index (Phi) is 10.2. The first kappa shape index (κ1) is 35.8. The van der Waals surface area contributed by atoms with Crippen LogP contribution in [0, 0.1) is 27.6 Å². The number of ketones is 2. The molecular formula is C36H52FNO9. The van der Waals surface area contributed by atoms with E-state index in [1.807, 2.05) is 6.92 Å². The third-order valence-corrected chi connectivity index (χ3v) is 12.3. The van der Waals surface area contributed by atoms with E-state index in [9.17, 15) is 24.4 Å². The summed E-state index contributed by atoms with van der Waals surface area (Å²) < 4.78 is 30.7. The number of carbonyl (C=O) groups excluding carboxylic acids is 2. The Bertz CT molecular complexity index is 1300. The van der Waals surface area contributed by atoms with Gasteiger partial charge in [-0.1, -0.05) is 57.1 Å². The van der Waals surface area contributed by atoms with Crippen LogP contribution in [0.15, 0.2) is 29.1 Å². The topological polar surface area (TPSA) is 149 Å². The van der Waals surface area contributed by atoms with Gasteiger partial charge < -0.3 is 24.5 Å². The number of nitrogens with zero attached hydrogens (tertiary/aromatic N) is 1. The fraction of sp³-hybridized carbons (Fsp3) is 0.806. The molecular weight excluding hydrogens is 609 g/mol. The maximum Gasteiger partial charge on any atom is 0.303 e.